The third-order valence-corrected chi connectivity index (χ3v) is 2.46. The quantitative estimate of drug-likeness (QED) is 0.765. The average Bonchev–Trinajstić information content (AvgIpc) is 2.49. The van der Waals surface area contributed by atoms with E-state index in [1.165, 1.54) is 11.5 Å². The van der Waals surface area contributed by atoms with Crippen molar-refractivity contribution < 1.29 is 4.79 Å². The average molecular weight is 243 g/mol. The summed E-state index contributed by atoms with van der Waals surface area (Å²) in [6, 6.07) is 0.159. The van der Waals surface area contributed by atoms with E-state index >= 15 is 0 Å². The number of nitrogens with two attached hydrogens (primary N) is 1. The largest absolute Gasteiger partial charge is 0.388 e. The molecular weight excluding hydrogens is 226 g/mol. The normalized spacial score (nSPS) is 11.1. The molecule has 0 atom stereocenters. The van der Waals surface area contributed by atoms with E-state index in [2.05, 4.69) is 14.9 Å². The topological polar surface area (TPSA) is 84.1 Å². The smallest absolute Gasteiger partial charge is 0.234 e. The first-order chi connectivity index (χ1) is 7.49. The van der Waals surface area contributed by atoms with Gasteiger partial charge in [-0.05, 0) is 20.9 Å². The molecule has 0 bridgehead atoms. The molecule has 0 aliphatic heterocycles. The van der Waals surface area contributed by atoms with Crippen molar-refractivity contribution in [3.8, 4) is 0 Å². The number of nitrogens with zero attached hydrogens (tertiary/aromatic N) is 3. The van der Waals surface area contributed by atoms with Crippen LogP contribution in [-0.2, 0) is 11.3 Å². The lowest BCUT2D eigenvalue weighted by molar-refractivity contribution is -0.122. The summed E-state index contributed by atoms with van der Waals surface area (Å²) in [5.41, 5.74) is 6.39. The Kier molecular flexibility index (Phi) is 4.63. The van der Waals surface area contributed by atoms with Crippen molar-refractivity contribution in [1.82, 2.24) is 19.8 Å². The van der Waals surface area contributed by atoms with Gasteiger partial charge in [-0.2, -0.15) is 0 Å². The maximum Gasteiger partial charge on any atom is 0.234 e. The molecule has 0 aromatic carbocycles. The molecule has 6 nitrogen and oxygen atoms in total. The summed E-state index contributed by atoms with van der Waals surface area (Å²) < 4.78 is 3.74. The molecular formula is C9H17N5OS. The number of carbonyl (C=O) groups is 1. The molecule has 0 aliphatic rings. The molecule has 1 amide bonds. The molecule has 0 saturated heterocycles. The highest BCUT2D eigenvalue weighted by Crippen LogP contribution is 2.13. The Morgan fingerprint density at radius 3 is 2.81 bits per heavy atom. The zero-order valence-electron chi connectivity index (χ0n) is 9.73. The number of likely N-dealkylation sites (N-methyl/N-ethyl adjacent to an activating group) is 1. The Labute approximate surface area is 99.0 Å². The first-order valence-electron chi connectivity index (χ1n) is 5.03. The van der Waals surface area contributed by atoms with Gasteiger partial charge in [-0.1, -0.05) is 4.49 Å². The van der Waals surface area contributed by atoms with Crippen molar-refractivity contribution in [3.63, 3.8) is 0 Å². The van der Waals surface area contributed by atoms with Crippen LogP contribution >= 0.6 is 11.5 Å². The maximum atomic E-state index is 11.5. The number of amides is 1. The number of aromatic nitrogens is 2. The molecule has 3 N–H and O–H groups in total. The maximum absolute atomic E-state index is 11.5. The Balaban J connectivity index is 2.39. The van der Waals surface area contributed by atoms with Crippen LogP contribution in [0.5, 0.6) is 0 Å². The number of hydrogen-bond acceptors (Lipinski definition) is 6. The summed E-state index contributed by atoms with van der Waals surface area (Å²) in [7, 11) is 1.85. The van der Waals surface area contributed by atoms with Gasteiger partial charge in [0.25, 0.3) is 0 Å². The molecule has 0 radical (unpaired) electrons. The molecule has 0 spiro atoms. The molecule has 1 aromatic rings. The van der Waals surface area contributed by atoms with Crippen molar-refractivity contribution >= 4 is 22.4 Å². The third-order valence-electron chi connectivity index (χ3n) is 1.87. The summed E-state index contributed by atoms with van der Waals surface area (Å²) in [4.78, 5) is 13.3. The second-order valence-electron chi connectivity index (χ2n) is 3.98. The SMILES string of the molecule is CC(C)NC(=O)CN(C)Cc1nnsc1N. The van der Waals surface area contributed by atoms with Crippen LogP contribution in [0.1, 0.15) is 19.5 Å². The number of hydrogen-bond donors (Lipinski definition) is 2. The van der Waals surface area contributed by atoms with Gasteiger partial charge >= 0.3 is 0 Å². The van der Waals surface area contributed by atoms with E-state index in [1.54, 1.807) is 0 Å². The number of nitrogen functional groups attached to an aromatic ring is 1. The van der Waals surface area contributed by atoms with Gasteiger partial charge in [0.1, 0.15) is 10.7 Å². The zero-order valence-corrected chi connectivity index (χ0v) is 10.5. The van der Waals surface area contributed by atoms with Crippen molar-refractivity contribution in [2.75, 3.05) is 19.3 Å². The van der Waals surface area contributed by atoms with Gasteiger partial charge in [-0.25, -0.2) is 0 Å². The molecule has 0 saturated carbocycles. The Morgan fingerprint density at radius 1 is 1.62 bits per heavy atom. The summed E-state index contributed by atoms with van der Waals surface area (Å²) in [6.45, 7) is 4.73. The van der Waals surface area contributed by atoms with Gasteiger partial charge in [0.15, 0.2) is 0 Å². The highest BCUT2D eigenvalue weighted by Gasteiger charge is 2.11. The molecule has 90 valence electrons. The highest BCUT2D eigenvalue weighted by atomic mass is 32.1. The standard InChI is InChI=1S/C9H17N5OS/c1-6(2)11-8(15)5-14(3)4-7-9(10)16-13-12-7/h6H,4-5,10H2,1-3H3,(H,11,15). The Morgan fingerprint density at radius 2 is 2.31 bits per heavy atom. The van der Waals surface area contributed by atoms with Crippen molar-refractivity contribution in [2.45, 2.75) is 26.4 Å². The van der Waals surface area contributed by atoms with Crippen LogP contribution in [-0.4, -0.2) is 40.0 Å². The summed E-state index contributed by atoms with van der Waals surface area (Å²) in [5, 5.41) is 7.32. The van der Waals surface area contributed by atoms with Crippen LogP contribution in [0.25, 0.3) is 0 Å². The first kappa shape index (κ1) is 12.9. The Bertz CT molecular complexity index is 351. The monoisotopic (exact) mass is 243 g/mol. The third kappa shape index (κ3) is 4.11. The summed E-state index contributed by atoms with van der Waals surface area (Å²) in [5.74, 6) is -0.000685. The minimum Gasteiger partial charge on any atom is -0.388 e. The first-order valence-corrected chi connectivity index (χ1v) is 5.81. The molecule has 1 heterocycles. The number of nitrogens with one attached hydrogen (secondary N) is 1. The minimum atomic E-state index is -0.000685. The van der Waals surface area contributed by atoms with E-state index in [0.717, 1.165) is 5.69 Å². The van der Waals surface area contributed by atoms with Crippen molar-refractivity contribution in [1.29, 1.82) is 0 Å². The molecule has 1 rings (SSSR count). The predicted octanol–water partition coefficient (Wildman–Crippen LogP) is 0.0767. The van der Waals surface area contributed by atoms with Crippen LogP contribution in [0, 0.1) is 0 Å². The molecule has 7 heteroatoms. The van der Waals surface area contributed by atoms with Crippen LogP contribution in [0.4, 0.5) is 5.00 Å². The van der Waals surface area contributed by atoms with Crippen LogP contribution in [0.15, 0.2) is 0 Å². The van der Waals surface area contributed by atoms with Crippen molar-refractivity contribution in [2.24, 2.45) is 0 Å². The zero-order chi connectivity index (χ0) is 12.1. The molecule has 16 heavy (non-hydrogen) atoms. The van der Waals surface area contributed by atoms with E-state index in [9.17, 15) is 4.79 Å². The van der Waals surface area contributed by atoms with Gasteiger partial charge in [-0.3, -0.25) is 9.69 Å². The lowest BCUT2D eigenvalue weighted by Gasteiger charge is -2.16. The lowest BCUT2D eigenvalue weighted by Crippen LogP contribution is -2.38. The summed E-state index contributed by atoms with van der Waals surface area (Å²) >= 11 is 1.17. The lowest BCUT2D eigenvalue weighted by atomic mass is 10.3. The second kappa shape index (κ2) is 5.76. The predicted molar refractivity (Wildman–Crippen MR) is 63.9 cm³/mol. The van der Waals surface area contributed by atoms with Gasteiger partial charge in [0.2, 0.25) is 5.91 Å². The second-order valence-corrected chi connectivity index (χ2v) is 4.76. The van der Waals surface area contributed by atoms with E-state index in [0.29, 0.717) is 18.1 Å². The number of carbonyl (C=O) groups excluding carboxylic acids is 1. The van der Waals surface area contributed by atoms with E-state index in [4.69, 9.17) is 5.73 Å². The van der Waals surface area contributed by atoms with Crippen LogP contribution in [0.3, 0.4) is 0 Å². The molecule has 0 aliphatic carbocycles. The fraction of sp³-hybridized carbons (Fsp3) is 0.667. The van der Waals surface area contributed by atoms with Gasteiger partial charge < -0.3 is 11.1 Å². The van der Waals surface area contributed by atoms with Crippen molar-refractivity contribution in [3.05, 3.63) is 5.69 Å². The van der Waals surface area contributed by atoms with E-state index < -0.39 is 0 Å². The van der Waals surface area contributed by atoms with Crippen LogP contribution in [0.2, 0.25) is 0 Å². The number of rotatable bonds is 5. The highest BCUT2D eigenvalue weighted by molar-refractivity contribution is 7.09. The van der Waals surface area contributed by atoms with E-state index in [1.807, 2.05) is 25.8 Å². The van der Waals surface area contributed by atoms with Gasteiger partial charge in [0.05, 0.1) is 6.54 Å². The van der Waals surface area contributed by atoms with Crippen LogP contribution < -0.4 is 11.1 Å². The Hall–Kier alpha value is -1.21. The summed E-state index contributed by atoms with van der Waals surface area (Å²) in [6.07, 6.45) is 0. The molecule has 0 unspecified atom stereocenters. The van der Waals surface area contributed by atoms with Gasteiger partial charge in [-0.15, -0.1) is 5.10 Å². The van der Waals surface area contributed by atoms with E-state index in [-0.39, 0.29) is 11.9 Å². The number of anilines is 1. The molecule has 0 fully saturated rings. The van der Waals surface area contributed by atoms with Gasteiger partial charge in [0, 0.05) is 24.1 Å². The fourth-order valence-electron chi connectivity index (χ4n) is 1.25. The molecule has 1 aromatic heterocycles. The fourth-order valence-corrected chi connectivity index (χ4v) is 1.69. The minimum absolute atomic E-state index is 0.000685.